The van der Waals surface area contributed by atoms with Crippen LogP contribution in [0.2, 0.25) is 0 Å². The molecule has 0 unspecified atom stereocenters. The van der Waals surface area contributed by atoms with Gasteiger partial charge in [0.25, 0.3) is 0 Å². The van der Waals surface area contributed by atoms with E-state index in [-0.39, 0.29) is 29.6 Å². The zero-order valence-corrected chi connectivity index (χ0v) is 17.4. The van der Waals surface area contributed by atoms with Gasteiger partial charge in [-0.3, -0.25) is 9.59 Å². The Morgan fingerprint density at radius 1 is 0.933 bits per heavy atom. The van der Waals surface area contributed by atoms with Crippen LogP contribution in [-0.4, -0.2) is 26.7 Å². The molecule has 1 aliphatic carbocycles. The van der Waals surface area contributed by atoms with Crippen molar-refractivity contribution < 1.29 is 18.0 Å². The number of hydrogen-bond donors (Lipinski definition) is 2. The van der Waals surface area contributed by atoms with E-state index in [1.54, 1.807) is 0 Å². The van der Waals surface area contributed by atoms with E-state index in [4.69, 9.17) is 0 Å². The van der Waals surface area contributed by atoms with Crippen LogP contribution in [0.5, 0.6) is 0 Å². The lowest BCUT2D eigenvalue weighted by Gasteiger charge is -2.11. The van der Waals surface area contributed by atoms with Crippen molar-refractivity contribution >= 4 is 38.2 Å². The summed E-state index contributed by atoms with van der Waals surface area (Å²) in [5.74, 6) is -0.394. The van der Waals surface area contributed by atoms with E-state index in [1.165, 1.54) is 47.7 Å². The predicted octanol–water partition coefficient (Wildman–Crippen LogP) is 3.45. The maximum Gasteiger partial charge on any atom is 0.240 e. The first-order valence-electron chi connectivity index (χ1n) is 9.79. The van der Waals surface area contributed by atoms with Crippen LogP contribution in [0.3, 0.4) is 0 Å². The number of rotatable bonds is 7. The highest BCUT2D eigenvalue weighted by molar-refractivity contribution is 7.89. The van der Waals surface area contributed by atoms with Crippen LogP contribution in [-0.2, 0) is 27.7 Å². The molecule has 1 amide bonds. The van der Waals surface area contributed by atoms with Gasteiger partial charge in [-0.25, -0.2) is 13.1 Å². The molecule has 0 saturated carbocycles. The van der Waals surface area contributed by atoms with Gasteiger partial charge in [0.05, 0.1) is 4.90 Å². The first-order chi connectivity index (χ1) is 14.3. The minimum atomic E-state index is -3.75. The number of Topliss-reactive ketones (excluding diaryl/α,β-unsaturated/α-hetero) is 1. The van der Waals surface area contributed by atoms with Crippen LogP contribution in [0.1, 0.15) is 34.8 Å². The summed E-state index contributed by atoms with van der Waals surface area (Å²) in [6, 6.07) is 15.8. The molecule has 0 spiro atoms. The Morgan fingerprint density at radius 3 is 2.33 bits per heavy atom. The fraction of sp³-hybridized carbons (Fsp3) is 0.217. The Kier molecular flexibility index (Phi) is 5.40. The first-order valence-corrected chi connectivity index (χ1v) is 11.3. The van der Waals surface area contributed by atoms with Gasteiger partial charge >= 0.3 is 0 Å². The van der Waals surface area contributed by atoms with Gasteiger partial charge in [-0.1, -0.05) is 36.4 Å². The molecular weight excluding hydrogens is 400 g/mol. The number of hydrogen-bond acceptors (Lipinski definition) is 4. The molecule has 154 valence electrons. The molecule has 7 heteroatoms. The molecule has 30 heavy (non-hydrogen) atoms. The van der Waals surface area contributed by atoms with Gasteiger partial charge in [0.1, 0.15) is 0 Å². The predicted molar refractivity (Wildman–Crippen MR) is 116 cm³/mol. The van der Waals surface area contributed by atoms with E-state index in [0.29, 0.717) is 5.56 Å². The standard InChI is InChI=1S/C23H22N2O4S/c1-15(26)16-7-10-19(11-8-16)30(28,29)24-14-13-22(27)25-21-12-9-18-6-5-17-3-2-4-20(21)23(17)18/h2-4,7-12,24H,5-6,13-14H2,1H3,(H,25,27). The third kappa shape index (κ3) is 3.99. The largest absolute Gasteiger partial charge is 0.325 e. The lowest BCUT2D eigenvalue weighted by molar-refractivity contribution is -0.116. The highest BCUT2D eigenvalue weighted by Crippen LogP contribution is 2.35. The summed E-state index contributed by atoms with van der Waals surface area (Å²) in [6.45, 7) is 1.40. The maximum atomic E-state index is 12.4. The third-order valence-electron chi connectivity index (χ3n) is 5.37. The highest BCUT2D eigenvalue weighted by atomic mass is 32.2. The van der Waals surface area contributed by atoms with Gasteiger partial charge in [-0.15, -0.1) is 0 Å². The molecule has 0 bridgehead atoms. The molecular formula is C23H22N2O4S. The van der Waals surface area contributed by atoms with Crippen molar-refractivity contribution in [3.8, 4) is 0 Å². The normalized spacial score (nSPS) is 12.8. The molecule has 0 atom stereocenters. The zero-order chi connectivity index (χ0) is 21.3. The molecule has 0 radical (unpaired) electrons. The number of carbonyl (C=O) groups is 2. The topological polar surface area (TPSA) is 92.3 Å². The monoisotopic (exact) mass is 422 g/mol. The van der Waals surface area contributed by atoms with Gasteiger partial charge in [0.2, 0.25) is 15.9 Å². The minimum absolute atomic E-state index is 0.00763. The van der Waals surface area contributed by atoms with E-state index in [0.717, 1.165) is 23.9 Å². The van der Waals surface area contributed by atoms with E-state index in [1.807, 2.05) is 24.3 Å². The van der Waals surface area contributed by atoms with Gasteiger partial charge in [-0.2, -0.15) is 0 Å². The molecule has 3 aromatic rings. The maximum absolute atomic E-state index is 12.4. The summed E-state index contributed by atoms with van der Waals surface area (Å²) >= 11 is 0. The summed E-state index contributed by atoms with van der Waals surface area (Å²) in [6.07, 6.45) is 2.03. The molecule has 0 heterocycles. The minimum Gasteiger partial charge on any atom is -0.325 e. The third-order valence-corrected chi connectivity index (χ3v) is 6.84. The summed E-state index contributed by atoms with van der Waals surface area (Å²) in [7, 11) is -3.75. The van der Waals surface area contributed by atoms with Crippen molar-refractivity contribution in [2.24, 2.45) is 0 Å². The first kappa shape index (κ1) is 20.3. The Balaban J connectivity index is 1.39. The molecule has 3 aromatic carbocycles. The fourth-order valence-corrected chi connectivity index (χ4v) is 4.85. The van der Waals surface area contributed by atoms with E-state index >= 15 is 0 Å². The van der Waals surface area contributed by atoms with Gasteiger partial charge in [-0.05, 0) is 54.5 Å². The van der Waals surface area contributed by atoms with Crippen LogP contribution < -0.4 is 10.0 Å². The SMILES string of the molecule is CC(=O)c1ccc(S(=O)(=O)NCCC(=O)Nc2ccc3c4c(cccc24)CC3)cc1. The van der Waals surface area contributed by atoms with Gasteiger partial charge in [0, 0.05) is 29.6 Å². The molecule has 0 fully saturated rings. The van der Waals surface area contributed by atoms with Crippen molar-refractivity contribution in [2.45, 2.75) is 31.1 Å². The second-order valence-corrected chi connectivity index (χ2v) is 9.16. The van der Waals surface area contributed by atoms with Crippen LogP contribution in [0, 0.1) is 0 Å². The lowest BCUT2D eigenvalue weighted by Crippen LogP contribution is -2.28. The van der Waals surface area contributed by atoms with Gasteiger partial charge in [0.15, 0.2) is 5.78 Å². The average Bonchev–Trinajstić information content (AvgIpc) is 3.15. The Bertz CT molecular complexity index is 1240. The van der Waals surface area contributed by atoms with Crippen molar-refractivity contribution in [1.82, 2.24) is 4.72 Å². The smallest absolute Gasteiger partial charge is 0.240 e. The lowest BCUT2D eigenvalue weighted by atomic mass is 10.0. The summed E-state index contributed by atoms with van der Waals surface area (Å²) < 4.78 is 27.2. The molecule has 0 aromatic heterocycles. The molecule has 4 rings (SSSR count). The van der Waals surface area contributed by atoms with Crippen LogP contribution >= 0.6 is 0 Å². The van der Waals surface area contributed by atoms with E-state index in [9.17, 15) is 18.0 Å². The number of ketones is 1. The zero-order valence-electron chi connectivity index (χ0n) is 16.6. The fourth-order valence-electron chi connectivity index (χ4n) is 3.82. The molecule has 0 saturated heterocycles. The number of carbonyl (C=O) groups excluding carboxylic acids is 2. The number of benzene rings is 3. The van der Waals surface area contributed by atoms with Crippen molar-refractivity contribution in [3.63, 3.8) is 0 Å². The van der Waals surface area contributed by atoms with E-state index < -0.39 is 10.0 Å². The van der Waals surface area contributed by atoms with Crippen molar-refractivity contribution in [2.75, 3.05) is 11.9 Å². The number of nitrogens with one attached hydrogen (secondary N) is 2. The Hall–Kier alpha value is -3.03. The van der Waals surface area contributed by atoms with Crippen LogP contribution in [0.4, 0.5) is 5.69 Å². The second kappa shape index (κ2) is 8.01. The average molecular weight is 423 g/mol. The molecule has 6 nitrogen and oxygen atoms in total. The van der Waals surface area contributed by atoms with Crippen LogP contribution in [0.15, 0.2) is 59.5 Å². The molecule has 2 N–H and O–H groups in total. The van der Waals surface area contributed by atoms with Crippen LogP contribution in [0.25, 0.3) is 10.8 Å². The Morgan fingerprint density at radius 2 is 1.63 bits per heavy atom. The molecule has 1 aliphatic rings. The van der Waals surface area contributed by atoms with E-state index in [2.05, 4.69) is 16.1 Å². The van der Waals surface area contributed by atoms with Crippen molar-refractivity contribution in [3.05, 3.63) is 71.3 Å². The quantitative estimate of drug-likeness (QED) is 0.571. The number of sulfonamides is 1. The summed E-state index contributed by atoms with van der Waals surface area (Å²) in [5.41, 5.74) is 3.77. The second-order valence-electron chi connectivity index (χ2n) is 7.39. The highest BCUT2D eigenvalue weighted by Gasteiger charge is 2.18. The summed E-state index contributed by atoms with van der Waals surface area (Å²) in [4.78, 5) is 23.8. The Labute approximate surface area is 175 Å². The molecule has 0 aliphatic heterocycles. The number of amides is 1. The van der Waals surface area contributed by atoms with Gasteiger partial charge < -0.3 is 5.32 Å². The summed E-state index contributed by atoms with van der Waals surface area (Å²) in [5, 5.41) is 5.13. The van der Waals surface area contributed by atoms with Crippen molar-refractivity contribution in [1.29, 1.82) is 0 Å². The number of anilines is 1. The number of aryl methyl sites for hydroxylation is 2.